The minimum atomic E-state index is -0.659. The van der Waals surface area contributed by atoms with Crippen LogP contribution in [0, 0.1) is 5.92 Å². The number of imidazole rings is 1. The van der Waals surface area contributed by atoms with Gasteiger partial charge in [-0.05, 0) is 51.2 Å². The van der Waals surface area contributed by atoms with E-state index in [9.17, 15) is 9.90 Å². The first-order valence-electron chi connectivity index (χ1n) is 8.09. The summed E-state index contributed by atoms with van der Waals surface area (Å²) in [6.45, 7) is 5.01. The molecule has 5 nitrogen and oxygen atoms in total. The van der Waals surface area contributed by atoms with Crippen LogP contribution in [0.25, 0.3) is 11.0 Å². The topological polar surface area (TPSA) is 69.2 Å². The summed E-state index contributed by atoms with van der Waals surface area (Å²) in [4.78, 5) is 21.8. The molecule has 1 aliphatic rings. The molecule has 1 fully saturated rings. The van der Waals surface area contributed by atoms with Crippen molar-refractivity contribution in [3.63, 3.8) is 0 Å². The number of fused-ring (bicyclic) bond motifs is 1. The van der Waals surface area contributed by atoms with E-state index in [1.54, 1.807) is 12.1 Å². The van der Waals surface area contributed by atoms with E-state index in [1.807, 2.05) is 18.7 Å². The van der Waals surface area contributed by atoms with Crippen LogP contribution in [-0.4, -0.2) is 44.6 Å². The van der Waals surface area contributed by atoms with Crippen LogP contribution < -0.4 is 0 Å². The second-order valence-electron chi connectivity index (χ2n) is 7.12. The average Bonchev–Trinajstić information content (AvgIpc) is 2.89. The highest BCUT2D eigenvalue weighted by Crippen LogP contribution is 2.28. The maximum absolute atomic E-state index is 12.6. The molecule has 0 saturated carbocycles. The Morgan fingerprint density at radius 1 is 1.33 bits per heavy atom. The molecule has 3 rings (SSSR count). The molecule has 2 heterocycles. The van der Waals surface area contributed by atoms with Gasteiger partial charge in [0, 0.05) is 13.1 Å². The number of H-pyrrole nitrogens is 1. The van der Waals surface area contributed by atoms with Crippen molar-refractivity contribution in [1.29, 1.82) is 0 Å². The minimum absolute atomic E-state index is 0.111. The predicted octanol–water partition coefficient (Wildman–Crippen LogP) is 3.88. The first-order valence-corrected chi connectivity index (χ1v) is 8.85. The molecular formula is C17H21Cl2N3O2. The number of carbonyl (C=O) groups excluding carboxylic acids is 1. The SMILES string of the molecule is CC(C)(O)CC1CCN(C(=O)c2nc3cc(Cl)c(Cl)cc3[nH]2)CC1. The van der Waals surface area contributed by atoms with Crippen molar-refractivity contribution >= 4 is 40.1 Å². The number of piperidine rings is 1. The molecule has 0 unspecified atom stereocenters. The van der Waals surface area contributed by atoms with Crippen molar-refractivity contribution in [3.8, 4) is 0 Å². The standard InChI is InChI=1S/C17H21Cl2N3O2/c1-17(2,24)9-10-3-5-22(6-4-10)16(23)15-20-13-7-11(18)12(19)8-14(13)21-15/h7-8,10,24H,3-6,9H2,1-2H3,(H,20,21). The molecule has 0 bridgehead atoms. The summed E-state index contributed by atoms with van der Waals surface area (Å²) in [7, 11) is 0. The summed E-state index contributed by atoms with van der Waals surface area (Å²) in [6, 6.07) is 3.33. The smallest absolute Gasteiger partial charge is 0.289 e. The Bertz CT molecular complexity index is 720. The number of aromatic amines is 1. The molecule has 2 aromatic rings. The highest BCUT2D eigenvalue weighted by molar-refractivity contribution is 6.42. The fourth-order valence-electron chi connectivity index (χ4n) is 3.30. The number of hydrogen-bond acceptors (Lipinski definition) is 3. The number of rotatable bonds is 3. The van der Waals surface area contributed by atoms with E-state index in [4.69, 9.17) is 23.2 Å². The van der Waals surface area contributed by atoms with Crippen LogP contribution in [0.5, 0.6) is 0 Å². The Morgan fingerprint density at radius 2 is 1.96 bits per heavy atom. The molecule has 7 heteroatoms. The molecular weight excluding hydrogens is 349 g/mol. The molecule has 1 aromatic carbocycles. The number of likely N-dealkylation sites (tertiary alicyclic amines) is 1. The van der Waals surface area contributed by atoms with E-state index < -0.39 is 5.60 Å². The molecule has 1 amide bonds. The van der Waals surface area contributed by atoms with Gasteiger partial charge in [0.25, 0.3) is 5.91 Å². The molecule has 130 valence electrons. The van der Waals surface area contributed by atoms with Gasteiger partial charge in [0.05, 0.1) is 26.7 Å². The van der Waals surface area contributed by atoms with Crippen LogP contribution in [0.3, 0.4) is 0 Å². The Kier molecular flexibility index (Phi) is 4.78. The zero-order valence-corrected chi connectivity index (χ0v) is 15.3. The van der Waals surface area contributed by atoms with Crippen molar-refractivity contribution < 1.29 is 9.90 Å². The fourth-order valence-corrected chi connectivity index (χ4v) is 3.62. The van der Waals surface area contributed by atoms with Gasteiger partial charge >= 0.3 is 0 Å². The number of aromatic nitrogens is 2. The highest BCUT2D eigenvalue weighted by atomic mass is 35.5. The largest absolute Gasteiger partial charge is 0.390 e. The third-order valence-electron chi connectivity index (χ3n) is 4.42. The molecule has 0 atom stereocenters. The number of nitrogens with zero attached hydrogens (tertiary/aromatic N) is 2. The van der Waals surface area contributed by atoms with Gasteiger partial charge in [0.1, 0.15) is 0 Å². The molecule has 0 aliphatic carbocycles. The maximum Gasteiger partial charge on any atom is 0.289 e. The lowest BCUT2D eigenvalue weighted by Crippen LogP contribution is -2.40. The monoisotopic (exact) mass is 369 g/mol. The second kappa shape index (κ2) is 6.54. The van der Waals surface area contributed by atoms with Gasteiger partial charge in [0.15, 0.2) is 5.82 Å². The third kappa shape index (κ3) is 3.85. The number of hydrogen-bond donors (Lipinski definition) is 2. The van der Waals surface area contributed by atoms with E-state index in [1.165, 1.54) is 0 Å². The number of nitrogens with one attached hydrogen (secondary N) is 1. The Balaban J connectivity index is 1.69. The molecule has 24 heavy (non-hydrogen) atoms. The molecule has 1 saturated heterocycles. The van der Waals surface area contributed by atoms with Crippen molar-refractivity contribution in [1.82, 2.24) is 14.9 Å². The van der Waals surface area contributed by atoms with E-state index in [0.29, 0.717) is 45.9 Å². The lowest BCUT2D eigenvalue weighted by Gasteiger charge is -2.34. The normalized spacial score (nSPS) is 16.8. The van der Waals surface area contributed by atoms with E-state index in [-0.39, 0.29) is 5.91 Å². The van der Waals surface area contributed by atoms with Crippen molar-refractivity contribution in [2.75, 3.05) is 13.1 Å². The van der Waals surface area contributed by atoms with E-state index in [0.717, 1.165) is 19.3 Å². The summed E-state index contributed by atoms with van der Waals surface area (Å²) in [5.74, 6) is 0.645. The van der Waals surface area contributed by atoms with Gasteiger partial charge in [-0.2, -0.15) is 0 Å². The molecule has 2 N–H and O–H groups in total. The number of halogens is 2. The number of aliphatic hydroxyl groups is 1. The van der Waals surface area contributed by atoms with E-state index in [2.05, 4.69) is 9.97 Å². The Morgan fingerprint density at radius 3 is 2.58 bits per heavy atom. The second-order valence-corrected chi connectivity index (χ2v) is 7.94. The number of benzene rings is 1. The van der Waals surface area contributed by atoms with Gasteiger partial charge in [-0.1, -0.05) is 23.2 Å². The van der Waals surface area contributed by atoms with Crippen molar-refractivity contribution in [2.45, 2.75) is 38.7 Å². The first kappa shape index (κ1) is 17.5. The maximum atomic E-state index is 12.6. The van der Waals surface area contributed by atoms with E-state index >= 15 is 0 Å². The predicted molar refractivity (Wildman–Crippen MR) is 95.7 cm³/mol. The number of amides is 1. The van der Waals surface area contributed by atoms with Crippen LogP contribution in [0.2, 0.25) is 10.0 Å². The highest BCUT2D eigenvalue weighted by Gasteiger charge is 2.28. The van der Waals surface area contributed by atoms with Crippen LogP contribution in [0.1, 0.15) is 43.7 Å². The third-order valence-corrected chi connectivity index (χ3v) is 5.14. The van der Waals surface area contributed by atoms with Crippen LogP contribution in [0.15, 0.2) is 12.1 Å². The quantitative estimate of drug-likeness (QED) is 0.862. The van der Waals surface area contributed by atoms with Crippen LogP contribution in [0.4, 0.5) is 0 Å². The van der Waals surface area contributed by atoms with Crippen molar-refractivity contribution in [3.05, 3.63) is 28.0 Å². The summed E-state index contributed by atoms with van der Waals surface area (Å²) < 4.78 is 0. The average molecular weight is 370 g/mol. The molecule has 1 aromatic heterocycles. The first-order chi connectivity index (χ1) is 11.2. The minimum Gasteiger partial charge on any atom is -0.390 e. The lowest BCUT2D eigenvalue weighted by molar-refractivity contribution is 0.0355. The summed E-state index contributed by atoms with van der Waals surface area (Å²) >= 11 is 12.0. The number of carbonyl (C=O) groups is 1. The molecule has 0 radical (unpaired) electrons. The summed E-state index contributed by atoms with van der Waals surface area (Å²) in [6.07, 6.45) is 2.55. The summed E-state index contributed by atoms with van der Waals surface area (Å²) in [5, 5.41) is 10.8. The van der Waals surface area contributed by atoms with Gasteiger partial charge in [-0.25, -0.2) is 4.98 Å². The van der Waals surface area contributed by atoms with Gasteiger partial charge in [-0.15, -0.1) is 0 Å². The molecule has 1 aliphatic heterocycles. The Labute approximate surface area is 151 Å². The van der Waals surface area contributed by atoms with Crippen LogP contribution >= 0.6 is 23.2 Å². The van der Waals surface area contributed by atoms with Gasteiger partial charge in [0.2, 0.25) is 0 Å². The summed E-state index contributed by atoms with van der Waals surface area (Å²) in [5.41, 5.74) is 0.669. The Hall–Kier alpha value is -1.30. The van der Waals surface area contributed by atoms with Gasteiger partial charge < -0.3 is 15.0 Å². The zero-order chi connectivity index (χ0) is 17.5. The lowest BCUT2D eigenvalue weighted by atomic mass is 9.86. The van der Waals surface area contributed by atoms with Gasteiger partial charge in [-0.3, -0.25) is 4.79 Å². The molecule has 0 spiro atoms. The van der Waals surface area contributed by atoms with Crippen molar-refractivity contribution in [2.24, 2.45) is 5.92 Å². The zero-order valence-electron chi connectivity index (χ0n) is 13.8. The fraction of sp³-hybridized carbons (Fsp3) is 0.529. The van der Waals surface area contributed by atoms with Crippen LogP contribution in [-0.2, 0) is 0 Å².